The molecule has 1 aliphatic rings. The molecule has 2 nitrogen and oxygen atoms in total. The Balaban J connectivity index is 1.94. The van der Waals surface area contributed by atoms with Crippen LogP contribution in [-0.4, -0.2) is 13.6 Å². The van der Waals surface area contributed by atoms with E-state index < -0.39 is 0 Å². The number of nitrogens with zero attached hydrogens (tertiary/aromatic N) is 1. The predicted octanol–water partition coefficient (Wildman–Crippen LogP) is 3.92. The normalized spacial score (nSPS) is 16.2. The first-order valence-corrected chi connectivity index (χ1v) is 7.87. The zero-order valence-corrected chi connectivity index (χ0v) is 13.0. The third kappa shape index (κ3) is 2.96. The summed E-state index contributed by atoms with van der Waals surface area (Å²) in [5, 5.41) is 3.37. The zero-order valence-electron chi connectivity index (χ0n) is 13.0. The van der Waals surface area contributed by atoms with E-state index in [9.17, 15) is 0 Å². The average molecular weight is 280 g/mol. The van der Waals surface area contributed by atoms with Crippen molar-refractivity contribution in [2.45, 2.75) is 32.4 Å². The van der Waals surface area contributed by atoms with Crippen molar-refractivity contribution in [2.24, 2.45) is 0 Å². The molecule has 1 aliphatic heterocycles. The van der Waals surface area contributed by atoms with Crippen LogP contribution in [0.2, 0.25) is 0 Å². The maximum atomic E-state index is 3.37. The van der Waals surface area contributed by atoms with Crippen LogP contribution < -0.4 is 10.2 Å². The second-order valence-corrected chi connectivity index (χ2v) is 5.86. The number of para-hydroxylation sites is 1. The summed E-state index contributed by atoms with van der Waals surface area (Å²) in [7, 11) is 2.03. The first kappa shape index (κ1) is 14.2. The van der Waals surface area contributed by atoms with Gasteiger partial charge in [-0.25, -0.2) is 0 Å². The Morgan fingerprint density at radius 3 is 2.52 bits per heavy atom. The smallest absolute Gasteiger partial charge is 0.0432 e. The Morgan fingerprint density at radius 1 is 1.00 bits per heavy atom. The molecule has 3 rings (SSSR count). The number of nitrogens with one attached hydrogen (secondary N) is 1. The number of hydrogen-bond acceptors (Lipinski definition) is 2. The lowest BCUT2D eigenvalue weighted by Gasteiger charge is -2.28. The first-order chi connectivity index (χ1) is 10.3. The number of fused-ring (bicyclic) bond motifs is 1. The lowest BCUT2D eigenvalue weighted by molar-refractivity contribution is 0.645. The molecule has 2 aromatic carbocycles. The highest BCUT2D eigenvalue weighted by molar-refractivity contribution is 5.56. The van der Waals surface area contributed by atoms with E-state index in [1.807, 2.05) is 7.05 Å². The Bertz CT molecular complexity index is 606. The van der Waals surface area contributed by atoms with Crippen molar-refractivity contribution in [3.05, 3.63) is 65.2 Å². The highest BCUT2D eigenvalue weighted by Crippen LogP contribution is 2.30. The van der Waals surface area contributed by atoms with Crippen LogP contribution in [0, 0.1) is 0 Å². The fourth-order valence-electron chi connectivity index (χ4n) is 3.20. The molecule has 0 radical (unpaired) electrons. The summed E-state index contributed by atoms with van der Waals surface area (Å²) < 4.78 is 0. The molecule has 0 saturated heterocycles. The number of benzene rings is 2. The fourth-order valence-corrected chi connectivity index (χ4v) is 3.20. The van der Waals surface area contributed by atoms with Crippen LogP contribution in [0.4, 0.5) is 5.69 Å². The van der Waals surface area contributed by atoms with Crippen molar-refractivity contribution < 1.29 is 0 Å². The number of rotatable bonds is 3. The molecule has 1 N–H and O–H groups in total. The van der Waals surface area contributed by atoms with Gasteiger partial charge in [0.15, 0.2) is 0 Å². The van der Waals surface area contributed by atoms with Gasteiger partial charge in [-0.3, -0.25) is 0 Å². The van der Waals surface area contributed by atoms with Crippen molar-refractivity contribution in [1.29, 1.82) is 0 Å². The lowest BCUT2D eigenvalue weighted by Crippen LogP contribution is -2.25. The Morgan fingerprint density at radius 2 is 1.71 bits per heavy atom. The summed E-state index contributed by atoms with van der Waals surface area (Å²) >= 11 is 0. The minimum absolute atomic E-state index is 0.375. The zero-order chi connectivity index (χ0) is 14.7. The van der Waals surface area contributed by atoms with Gasteiger partial charge in [0.05, 0.1) is 0 Å². The molecule has 0 bridgehead atoms. The van der Waals surface area contributed by atoms with Gasteiger partial charge in [0.1, 0.15) is 0 Å². The van der Waals surface area contributed by atoms with Crippen LogP contribution in [-0.2, 0) is 13.0 Å². The van der Waals surface area contributed by atoms with Gasteiger partial charge < -0.3 is 10.2 Å². The van der Waals surface area contributed by atoms with Gasteiger partial charge >= 0.3 is 0 Å². The number of hydrogen-bond donors (Lipinski definition) is 1. The quantitative estimate of drug-likeness (QED) is 0.916. The number of aryl methyl sites for hydroxylation is 1. The summed E-state index contributed by atoms with van der Waals surface area (Å²) in [6.07, 6.45) is 2.41. The molecule has 1 atom stereocenters. The van der Waals surface area contributed by atoms with Crippen LogP contribution in [0.25, 0.3) is 0 Å². The highest BCUT2D eigenvalue weighted by Gasteiger charge is 2.18. The molecule has 2 heteroatoms. The fraction of sp³-hybridized carbons (Fsp3) is 0.368. The summed E-state index contributed by atoms with van der Waals surface area (Å²) in [5.74, 6) is 0. The number of anilines is 1. The monoisotopic (exact) mass is 280 g/mol. The van der Waals surface area contributed by atoms with Gasteiger partial charge in [-0.2, -0.15) is 0 Å². The Labute approximate surface area is 127 Å². The molecule has 0 amide bonds. The molecule has 0 saturated carbocycles. The molecule has 2 aromatic rings. The third-order valence-corrected chi connectivity index (χ3v) is 4.53. The summed E-state index contributed by atoms with van der Waals surface area (Å²) in [6.45, 7) is 4.37. The van der Waals surface area contributed by atoms with E-state index in [1.54, 1.807) is 0 Å². The molecule has 1 heterocycles. The predicted molar refractivity (Wildman–Crippen MR) is 89.7 cm³/mol. The van der Waals surface area contributed by atoms with Crippen molar-refractivity contribution in [1.82, 2.24) is 5.32 Å². The molecule has 110 valence electrons. The molecular formula is C19H24N2. The van der Waals surface area contributed by atoms with E-state index in [0.717, 1.165) is 13.1 Å². The van der Waals surface area contributed by atoms with E-state index in [2.05, 4.69) is 65.7 Å². The van der Waals surface area contributed by atoms with Gasteiger partial charge in [-0.1, -0.05) is 42.5 Å². The maximum absolute atomic E-state index is 3.37. The molecule has 0 aliphatic carbocycles. The van der Waals surface area contributed by atoms with Gasteiger partial charge in [0.2, 0.25) is 0 Å². The van der Waals surface area contributed by atoms with E-state index in [1.165, 1.54) is 35.2 Å². The van der Waals surface area contributed by atoms with E-state index >= 15 is 0 Å². The van der Waals surface area contributed by atoms with Crippen molar-refractivity contribution in [2.75, 3.05) is 18.5 Å². The summed E-state index contributed by atoms with van der Waals surface area (Å²) in [5.41, 5.74) is 5.75. The minimum atomic E-state index is 0.375. The van der Waals surface area contributed by atoms with Gasteiger partial charge in [0, 0.05) is 24.8 Å². The van der Waals surface area contributed by atoms with Crippen LogP contribution in [0.5, 0.6) is 0 Å². The van der Waals surface area contributed by atoms with Crippen molar-refractivity contribution >= 4 is 5.69 Å². The molecule has 0 spiro atoms. The molecule has 1 unspecified atom stereocenters. The molecule has 0 fully saturated rings. The lowest BCUT2D eigenvalue weighted by atomic mass is 10.0. The van der Waals surface area contributed by atoms with E-state index in [4.69, 9.17) is 0 Å². The van der Waals surface area contributed by atoms with Crippen LogP contribution in [0.15, 0.2) is 48.5 Å². The molecular weight excluding hydrogens is 256 g/mol. The summed E-state index contributed by atoms with van der Waals surface area (Å²) in [6, 6.07) is 18.0. The average Bonchev–Trinajstić information content (AvgIpc) is 2.76. The maximum Gasteiger partial charge on any atom is 0.0432 e. The van der Waals surface area contributed by atoms with E-state index in [0.29, 0.717) is 6.04 Å². The first-order valence-electron chi connectivity index (χ1n) is 7.87. The molecule has 0 aromatic heterocycles. The van der Waals surface area contributed by atoms with Gasteiger partial charge in [0.25, 0.3) is 0 Å². The summed E-state index contributed by atoms with van der Waals surface area (Å²) in [4.78, 5) is 2.54. The minimum Gasteiger partial charge on any atom is -0.367 e. The third-order valence-electron chi connectivity index (χ3n) is 4.53. The second kappa shape index (κ2) is 6.31. The standard InChI is InChI=1S/C19H24N2/c1-15(20-2)18-11-5-6-12-19(18)21-13-7-10-16-8-3-4-9-17(16)14-21/h3-6,8-9,11-12,15,20H,7,10,13-14H2,1-2H3. The Kier molecular flexibility index (Phi) is 4.26. The van der Waals surface area contributed by atoms with E-state index in [-0.39, 0.29) is 0 Å². The van der Waals surface area contributed by atoms with Gasteiger partial charge in [-0.05, 0) is 49.6 Å². The molecule has 21 heavy (non-hydrogen) atoms. The van der Waals surface area contributed by atoms with Crippen molar-refractivity contribution in [3.63, 3.8) is 0 Å². The topological polar surface area (TPSA) is 15.3 Å². The van der Waals surface area contributed by atoms with Gasteiger partial charge in [-0.15, -0.1) is 0 Å². The van der Waals surface area contributed by atoms with Crippen LogP contribution in [0.1, 0.15) is 36.1 Å². The SMILES string of the molecule is CNC(C)c1ccccc1N1CCCc2ccccc2C1. The van der Waals surface area contributed by atoms with Crippen LogP contribution in [0.3, 0.4) is 0 Å². The highest BCUT2D eigenvalue weighted by atomic mass is 15.1. The Hall–Kier alpha value is -1.80. The van der Waals surface area contributed by atoms with Crippen molar-refractivity contribution in [3.8, 4) is 0 Å². The second-order valence-electron chi connectivity index (χ2n) is 5.86. The largest absolute Gasteiger partial charge is 0.367 e. The van der Waals surface area contributed by atoms with Crippen LogP contribution >= 0.6 is 0 Å².